The summed E-state index contributed by atoms with van der Waals surface area (Å²) in [6.45, 7) is 2.48. The summed E-state index contributed by atoms with van der Waals surface area (Å²) in [5, 5.41) is 5.97. The van der Waals surface area contributed by atoms with Gasteiger partial charge in [-0.2, -0.15) is 0 Å². The number of pyridine rings is 1. The minimum absolute atomic E-state index is 0.0432. The molecule has 0 saturated heterocycles. The second-order valence-corrected chi connectivity index (χ2v) is 8.49. The maximum Gasteiger partial charge on any atom is 0.240 e. The summed E-state index contributed by atoms with van der Waals surface area (Å²) >= 11 is 6.05. The molecular weight excluding hydrogens is 388 g/mol. The standard InChI is InChI=1S/C18H21ClN4O3S/c1-12(24)22-17-7-6-15(11-16(17)19)27(25,26)21-10-8-14-5-4-13-3-2-9-20-18(13)23-14/h4-7,11,21H,2-3,8-10H2,1H3,(H,20,23)(H,22,24). The van der Waals surface area contributed by atoms with Gasteiger partial charge in [-0.05, 0) is 42.7 Å². The fourth-order valence-electron chi connectivity index (χ4n) is 2.86. The van der Waals surface area contributed by atoms with Crippen LogP contribution in [0.15, 0.2) is 35.2 Å². The van der Waals surface area contributed by atoms with E-state index in [1.54, 1.807) is 0 Å². The Morgan fingerprint density at radius 1 is 1.30 bits per heavy atom. The lowest BCUT2D eigenvalue weighted by molar-refractivity contribution is -0.114. The molecule has 3 rings (SSSR count). The zero-order valence-electron chi connectivity index (χ0n) is 14.9. The van der Waals surface area contributed by atoms with Crippen LogP contribution in [0.1, 0.15) is 24.6 Å². The number of aromatic nitrogens is 1. The van der Waals surface area contributed by atoms with Gasteiger partial charge in [-0.25, -0.2) is 18.1 Å². The van der Waals surface area contributed by atoms with Crippen LogP contribution in [-0.2, 0) is 27.7 Å². The smallest absolute Gasteiger partial charge is 0.240 e. The van der Waals surface area contributed by atoms with Gasteiger partial charge in [0.15, 0.2) is 0 Å². The first-order valence-corrected chi connectivity index (χ1v) is 10.5. The van der Waals surface area contributed by atoms with E-state index in [-0.39, 0.29) is 22.4 Å². The average Bonchev–Trinajstić information content (AvgIpc) is 2.62. The number of benzene rings is 1. The molecule has 1 aliphatic rings. The van der Waals surface area contributed by atoms with Crippen LogP contribution in [0.3, 0.4) is 0 Å². The van der Waals surface area contributed by atoms with E-state index in [4.69, 9.17) is 11.6 Å². The van der Waals surface area contributed by atoms with E-state index in [1.807, 2.05) is 12.1 Å². The Balaban J connectivity index is 1.63. The van der Waals surface area contributed by atoms with Crippen LogP contribution in [0.25, 0.3) is 0 Å². The van der Waals surface area contributed by atoms with Crippen molar-refractivity contribution in [2.45, 2.75) is 31.1 Å². The molecule has 1 aliphatic heterocycles. The van der Waals surface area contributed by atoms with Crippen molar-refractivity contribution >= 4 is 39.0 Å². The molecule has 27 heavy (non-hydrogen) atoms. The van der Waals surface area contributed by atoms with Crippen LogP contribution >= 0.6 is 11.6 Å². The molecule has 0 radical (unpaired) electrons. The predicted octanol–water partition coefficient (Wildman–Crippen LogP) is 2.57. The number of halogens is 1. The van der Waals surface area contributed by atoms with Crippen molar-refractivity contribution in [3.05, 3.63) is 46.6 Å². The second kappa shape index (κ2) is 8.24. The number of fused-ring (bicyclic) bond motifs is 1. The minimum Gasteiger partial charge on any atom is -0.370 e. The van der Waals surface area contributed by atoms with Crippen molar-refractivity contribution in [1.82, 2.24) is 9.71 Å². The molecule has 0 aliphatic carbocycles. The first-order chi connectivity index (χ1) is 12.8. The summed E-state index contributed by atoms with van der Waals surface area (Å²) in [7, 11) is -3.71. The number of rotatable bonds is 6. The number of carbonyl (C=O) groups is 1. The molecule has 1 aromatic heterocycles. The zero-order chi connectivity index (χ0) is 19.4. The highest BCUT2D eigenvalue weighted by molar-refractivity contribution is 7.89. The maximum absolute atomic E-state index is 12.5. The first kappa shape index (κ1) is 19.6. The molecule has 0 unspecified atom stereocenters. The fourth-order valence-corrected chi connectivity index (χ4v) is 4.21. The summed E-state index contributed by atoms with van der Waals surface area (Å²) in [4.78, 5) is 15.7. The van der Waals surface area contributed by atoms with Gasteiger partial charge in [-0.1, -0.05) is 17.7 Å². The maximum atomic E-state index is 12.5. The number of anilines is 2. The van der Waals surface area contributed by atoms with Gasteiger partial charge in [0.05, 0.1) is 15.6 Å². The predicted molar refractivity (Wildman–Crippen MR) is 106 cm³/mol. The van der Waals surface area contributed by atoms with Crippen LogP contribution in [0.4, 0.5) is 11.5 Å². The van der Waals surface area contributed by atoms with Crippen LogP contribution in [0.2, 0.25) is 5.02 Å². The van der Waals surface area contributed by atoms with Gasteiger partial charge in [0.2, 0.25) is 15.9 Å². The topological polar surface area (TPSA) is 100 Å². The third-order valence-corrected chi connectivity index (χ3v) is 5.96. The molecule has 1 amide bonds. The molecule has 2 heterocycles. The molecule has 0 fully saturated rings. The van der Waals surface area contributed by atoms with E-state index in [9.17, 15) is 13.2 Å². The Labute approximate surface area is 163 Å². The molecule has 2 aromatic rings. The van der Waals surface area contributed by atoms with Crippen molar-refractivity contribution in [3.8, 4) is 0 Å². The summed E-state index contributed by atoms with van der Waals surface area (Å²) in [5.41, 5.74) is 2.39. The van der Waals surface area contributed by atoms with Crippen molar-refractivity contribution in [1.29, 1.82) is 0 Å². The van der Waals surface area contributed by atoms with E-state index in [1.165, 1.54) is 30.7 Å². The molecule has 0 saturated carbocycles. The van der Waals surface area contributed by atoms with E-state index >= 15 is 0 Å². The normalized spacial score (nSPS) is 13.6. The molecule has 9 heteroatoms. The Kier molecular flexibility index (Phi) is 5.98. The largest absolute Gasteiger partial charge is 0.370 e. The summed E-state index contributed by atoms with van der Waals surface area (Å²) in [6.07, 6.45) is 2.58. The Morgan fingerprint density at radius 2 is 2.11 bits per heavy atom. The van der Waals surface area contributed by atoms with Crippen LogP contribution in [-0.4, -0.2) is 32.4 Å². The number of sulfonamides is 1. The quantitative estimate of drug-likeness (QED) is 0.682. The van der Waals surface area contributed by atoms with E-state index in [0.29, 0.717) is 12.1 Å². The lowest BCUT2D eigenvalue weighted by Crippen LogP contribution is -2.26. The number of aryl methyl sites for hydroxylation is 1. The van der Waals surface area contributed by atoms with Gasteiger partial charge in [-0.3, -0.25) is 4.79 Å². The van der Waals surface area contributed by atoms with Crippen LogP contribution in [0.5, 0.6) is 0 Å². The zero-order valence-corrected chi connectivity index (χ0v) is 16.5. The molecule has 3 N–H and O–H groups in total. The minimum atomic E-state index is -3.71. The monoisotopic (exact) mass is 408 g/mol. The summed E-state index contributed by atoms with van der Waals surface area (Å²) in [6, 6.07) is 8.16. The van der Waals surface area contributed by atoms with Gasteiger partial charge in [0.25, 0.3) is 0 Å². The lowest BCUT2D eigenvalue weighted by atomic mass is 10.1. The number of nitrogens with one attached hydrogen (secondary N) is 3. The van der Waals surface area contributed by atoms with Gasteiger partial charge >= 0.3 is 0 Å². The van der Waals surface area contributed by atoms with Crippen LogP contribution < -0.4 is 15.4 Å². The van der Waals surface area contributed by atoms with Crippen molar-refractivity contribution < 1.29 is 13.2 Å². The molecule has 1 aromatic carbocycles. The highest BCUT2D eigenvalue weighted by Crippen LogP contribution is 2.25. The molecule has 0 spiro atoms. The van der Waals surface area contributed by atoms with Gasteiger partial charge < -0.3 is 10.6 Å². The van der Waals surface area contributed by atoms with Crippen molar-refractivity contribution in [2.24, 2.45) is 0 Å². The lowest BCUT2D eigenvalue weighted by Gasteiger charge is -2.17. The number of nitrogens with zero attached hydrogens (tertiary/aromatic N) is 1. The van der Waals surface area contributed by atoms with Gasteiger partial charge in [0.1, 0.15) is 5.82 Å². The summed E-state index contributed by atoms with van der Waals surface area (Å²) in [5.74, 6) is 0.611. The highest BCUT2D eigenvalue weighted by atomic mass is 35.5. The number of carbonyl (C=O) groups excluding carboxylic acids is 1. The highest BCUT2D eigenvalue weighted by Gasteiger charge is 2.16. The third kappa shape index (κ3) is 4.97. The third-order valence-electron chi connectivity index (χ3n) is 4.19. The number of hydrogen-bond donors (Lipinski definition) is 3. The molecular formula is C18H21ClN4O3S. The Morgan fingerprint density at radius 3 is 2.85 bits per heavy atom. The molecule has 0 bridgehead atoms. The summed E-state index contributed by atoms with van der Waals surface area (Å²) < 4.78 is 27.5. The van der Waals surface area contributed by atoms with Crippen LogP contribution in [0, 0.1) is 0 Å². The Bertz CT molecular complexity index is 963. The molecule has 144 valence electrons. The van der Waals surface area contributed by atoms with Crippen molar-refractivity contribution in [3.63, 3.8) is 0 Å². The average molecular weight is 409 g/mol. The fraction of sp³-hybridized carbons (Fsp3) is 0.333. The first-order valence-electron chi connectivity index (χ1n) is 8.64. The second-order valence-electron chi connectivity index (χ2n) is 6.31. The number of amides is 1. The molecule has 0 atom stereocenters. The van der Waals surface area contributed by atoms with Gasteiger partial charge in [0, 0.05) is 32.1 Å². The van der Waals surface area contributed by atoms with E-state index < -0.39 is 10.0 Å². The molecule has 7 nitrogen and oxygen atoms in total. The van der Waals surface area contributed by atoms with Gasteiger partial charge in [-0.15, -0.1) is 0 Å². The Hall–Kier alpha value is -2.16. The van der Waals surface area contributed by atoms with E-state index in [0.717, 1.165) is 30.9 Å². The SMILES string of the molecule is CC(=O)Nc1ccc(S(=O)(=O)NCCc2ccc3c(n2)NCCC3)cc1Cl. The van der Waals surface area contributed by atoms with E-state index in [2.05, 4.69) is 20.3 Å². The van der Waals surface area contributed by atoms with Crippen molar-refractivity contribution in [2.75, 3.05) is 23.7 Å². The number of hydrogen-bond acceptors (Lipinski definition) is 5.